The van der Waals surface area contributed by atoms with E-state index in [1.54, 1.807) is 0 Å². The predicted octanol–water partition coefficient (Wildman–Crippen LogP) is 8.65. The highest BCUT2D eigenvalue weighted by atomic mass is 31.2. The Balaban J connectivity index is 4.13. The Morgan fingerprint density at radius 3 is 1.80 bits per heavy atom. The molecule has 0 heterocycles. The van der Waals surface area contributed by atoms with Crippen molar-refractivity contribution in [2.24, 2.45) is 5.73 Å². The standard InChI is InChI=1S/C34H62NO8P/c1-3-5-7-9-10-11-12-13-14-15-16-17-18-19-20-21-22-23-25-27-34(37)43-32(31-42-44(38,39)41-29-28-35)30-40-33(36)26-24-8-6-4-2/h10-11,13-14,16-17,32H,3-9,12,15,18-31,35H2,1-2H3,(H,38,39)/b11-10-,14-13-,17-16-. The van der Waals surface area contributed by atoms with Crippen molar-refractivity contribution >= 4 is 19.8 Å². The van der Waals surface area contributed by atoms with Gasteiger partial charge in [-0.05, 0) is 51.4 Å². The molecule has 0 bridgehead atoms. The molecule has 0 spiro atoms. The van der Waals surface area contributed by atoms with Crippen LogP contribution in [0.15, 0.2) is 36.5 Å². The molecule has 0 aromatic rings. The van der Waals surface area contributed by atoms with E-state index in [2.05, 4.69) is 50.3 Å². The Bertz CT molecular complexity index is 830. The maximum Gasteiger partial charge on any atom is 0.472 e. The van der Waals surface area contributed by atoms with Crippen molar-refractivity contribution in [2.45, 2.75) is 142 Å². The summed E-state index contributed by atoms with van der Waals surface area (Å²) in [7, 11) is -4.36. The zero-order valence-electron chi connectivity index (χ0n) is 27.6. The smallest absolute Gasteiger partial charge is 0.462 e. The van der Waals surface area contributed by atoms with Crippen LogP contribution in [0.2, 0.25) is 0 Å². The SMILES string of the molecule is CCCCC/C=C\C/C=C\C/C=C\CCCCCCCCC(=O)OC(COC(=O)CCCCCC)COP(=O)(O)OCCN. The maximum absolute atomic E-state index is 12.4. The largest absolute Gasteiger partial charge is 0.472 e. The Morgan fingerprint density at radius 2 is 1.18 bits per heavy atom. The van der Waals surface area contributed by atoms with Gasteiger partial charge in [-0.15, -0.1) is 0 Å². The number of rotatable bonds is 31. The van der Waals surface area contributed by atoms with Crippen molar-refractivity contribution in [1.29, 1.82) is 0 Å². The minimum atomic E-state index is -4.36. The zero-order valence-corrected chi connectivity index (χ0v) is 28.5. The van der Waals surface area contributed by atoms with Gasteiger partial charge >= 0.3 is 19.8 Å². The molecular formula is C34H62NO8P. The number of hydrogen-bond acceptors (Lipinski definition) is 8. The number of hydrogen-bond donors (Lipinski definition) is 2. The van der Waals surface area contributed by atoms with Crippen LogP contribution in [0.1, 0.15) is 136 Å². The van der Waals surface area contributed by atoms with E-state index >= 15 is 0 Å². The van der Waals surface area contributed by atoms with Gasteiger partial charge in [-0.1, -0.05) is 108 Å². The van der Waals surface area contributed by atoms with Gasteiger partial charge in [-0.3, -0.25) is 18.6 Å². The van der Waals surface area contributed by atoms with Gasteiger partial charge in [0.1, 0.15) is 6.61 Å². The molecule has 0 rings (SSSR count). The maximum atomic E-state index is 12.4. The predicted molar refractivity (Wildman–Crippen MR) is 178 cm³/mol. The lowest BCUT2D eigenvalue weighted by Crippen LogP contribution is -2.29. The molecule has 2 unspecified atom stereocenters. The first kappa shape index (κ1) is 42.2. The number of ether oxygens (including phenoxy) is 2. The molecule has 256 valence electrons. The van der Waals surface area contributed by atoms with Gasteiger partial charge in [0, 0.05) is 19.4 Å². The minimum absolute atomic E-state index is 0.0502. The van der Waals surface area contributed by atoms with E-state index in [0.717, 1.165) is 77.0 Å². The second-order valence-corrected chi connectivity index (χ2v) is 12.5. The molecule has 0 aliphatic rings. The zero-order chi connectivity index (χ0) is 32.6. The van der Waals surface area contributed by atoms with Gasteiger partial charge in [-0.25, -0.2) is 4.57 Å². The highest BCUT2D eigenvalue weighted by Gasteiger charge is 2.25. The first-order valence-corrected chi connectivity index (χ1v) is 18.5. The lowest BCUT2D eigenvalue weighted by atomic mass is 10.1. The van der Waals surface area contributed by atoms with Crippen molar-refractivity contribution in [3.05, 3.63) is 36.5 Å². The average Bonchev–Trinajstić information content (AvgIpc) is 3.00. The van der Waals surface area contributed by atoms with Gasteiger partial charge in [0.25, 0.3) is 0 Å². The normalized spacial score (nSPS) is 14.0. The van der Waals surface area contributed by atoms with Crippen LogP contribution in [-0.2, 0) is 32.7 Å². The highest BCUT2D eigenvalue weighted by Crippen LogP contribution is 2.43. The summed E-state index contributed by atoms with van der Waals surface area (Å²) in [5.41, 5.74) is 5.29. The van der Waals surface area contributed by atoms with E-state index in [1.807, 2.05) is 0 Å². The Labute approximate surface area is 267 Å². The molecular weight excluding hydrogens is 581 g/mol. The monoisotopic (exact) mass is 643 g/mol. The molecule has 0 saturated carbocycles. The molecule has 0 aliphatic heterocycles. The third-order valence-electron chi connectivity index (χ3n) is 6.78. The first-order valence-electron chi connectivity index (χ1n) is 17.0. The summed E-state index contributed by atoms with van der Waals surface area (Å²) in [5, 5.41) is 0. The lowest BCUT2D eigenvalue weighted by molar-refractivity contribution is -0.161. The number of phosphoric acid groups is 1. The summed E-state index contributed by atoms with van der Waals surface area (Å²) in [6.07, 6.45) is 30.9. The van der Waals surface area contributed by atoms with Gasteiger partial charge < -0.3 is 20.1 Å². The molecule has 2 atom stereocenters. The molecule has 9 nitrogen and oxygen atoms in total. The van der Waals surface area contributed by atoms with Crippen molar-refractivity contribution in [2.75, 3.05) is 26.4 Å². The second kappa shape index (κ2) is 31.2. The number of phosphoric ester groups is 1. The lowest BCUT2D eigenvalue weighted by Gasteiger charge is -2.19. The van der Waals surface area contributed by atoms with Gasteiger partial charge in [0.15, 0.2) is 6.10 Å². The van der Waals surface area contributed by atoms with Crippen LogP contribution in [0, 0.1) is 0 Å². The fourth-order valence-electron chi connectivity index (χ4n) is 4.23. The van der Waals surface area contributed by atoms with Crippen LogP contribution >= 0.6 is 7.82 Å². The summed E-state index contributed by atoms with van der Waals surface area (Å²) in [4.78, 5) is 34.2. The summed E-state index contributed by atoms with van der Waals surface area (Å²) in [6.45, 7) is 3.52. The molecule has 0 aromatic carbocycles. The van der Waals surface area contributed by atoms with Crippen LogP contribution in [0.3, 0.4) is 0 Å². The van der Waals surface area contributed by atoms with Gasteiger partial charge in [-0.2, -0.15) is 0 Å². The third-order valence-corrected chi connectivity index (χ3v) is 7.76. The number of carbonyl (C=O) groups is 2. The van der Waals surface area contributed by atoms with Crippen LogP contribution in [0.25, 0.3) is 0 Å². The third kappa shape index (κ3) is 30.3. The van der Waals surface area contributed by atoms with E-state index in [1.165, 1.54) is 25.7 Å². The Kier molecular flexibility index (Phi) is 30.0. The average molecular weight is 644 g/mol. The van der Waals surface area contributed by atoms with E-state index in [4.69, 9.17) is 24.3 Å². The number of esters is 2. The summed E-state index contributed by atoms with van der Waals surface area (Å²) >= 11 is 0. The number of allylic oxidation sites excluding steroid dienone is 6. The molecule has 10 heteroatoms. The summed E-state index contributed by atoms with van der Waals surface area (Å²) in [5.74, 6) is -0.868. The van der Waals surface area contributed by atoms with Crippen LogP contribution in [-0.4, -0.2) is 49.3 Å². The van der Waals surface area contributed by atoms with Crippen molar-refractivity contribution < 1.29 is 37.6 Å². The minimum Gasteiger partial charge on any atom is -0.462 e. The van der Waals surface area contributed by atoms with Crippen LogP contribution < -0.4 is 5.73 Å². The Hall–Kier alpha value is -1.77. The highest BCUT2D eigenvalue weighted by molar-refractivity contribution is 7.47. The number of unbranched alkanes of at least 4 members (excludes halogenated alkanes) is 12. The van der Waals surface area contributed by atoms with Crippen LogP contribution in [0.5, 0.6) is 0 Å². The van der Waals surface area contributed by atoms with Crippen LogP contribution in [0.4, 0.5) is 0 Å². The molecule has 44 heavy (non-hydrogen) atoms. The van der Waals surface area contributed by atoms with Crippen molar-refractivity contribution in [3.8, 4) is 0 Å². The number of carbonyl (C=O) groups excluding carboxylic acids is 2. The van der Waals surface area contributed by atoms with E-state index in [0.29, 0.717) is 6.42 Å². The second-order valence-electron chi connectivity index (χ2n) is 11.0. The van der Waals surface area contributed by atoms with Gasteiger partial charge in [0.05, 0.1) is 13.2 Å². The molecule has 0 aromatic heterocycles. The quantitative estimate of drug-likeness (QED) is 0.0329. The summed E-state index contributed by atoms with van der Waals surface area (Å²) < 4.78 is 32.3. The van der Waals surface area contributed by atoms with E-state index in [-0.39, 0.29) is 32.6 Å². The molecule has 0 saturated heterocycles. The molecule has 0 aliphatic carbocycles. The molecule has 0 fully saturated rings. The number of nitrogens with two attached hydrogens (primary N) is 1. The first-order chi connectivity index (χ1) is 21.3. The van der Waals surface area contributed by atoms with Gasteiger partial charge in [0.2, 0.25) is 0 Å². The van der Waals surface area contributed by atoms with E-state index in [9.17, 15) is 19.0 Å². The fourth-order valence-corrected chi connectivity index (χ4v) is 4.99. The summed E-state index contributed by atoms with van der Waals surface area (Å²) in [6, 6.07) is 0. The van der Waals surface area contributed by atoms with E-state index < -0.39 is 32.5 Å². The fraction of sp³-hybridized carbons (Fsp3) is 0.765. The molecule has 0 amide bonds. The molecule has 3 N–H and O–H groups in total. The molecule has 0 radical (unpaired) electrons. The van der Waals surface area contributed by atoms with Crippen molar-refractivity contribution in [1.82, 2.24) is 0 Å². The van der Waals surface area contributed by atoms with Crippen molar-refractivity contribution in [3.63, 3.8) is 0 Å². The Morgan fingerprint density at radius 1 is 0.682 bits per heavy atom. The topological polar surface area (TPSA) is 134 Å².